The Morgan fingerprint density at radius 1 is 1.26 bits per heavy atom. The van der Waals surface area contributed by atoms with E-state index in [1.165, 1.54) is 22.6 Å². The number of benzene rings is 1. The number of anilines is 1. The molecule has 0 aliphatic rings. The fraction of sp³-hybridized carbons (Fsp3) is 0.353. The van der Waals surface area contributed by atoms with E-state index in [0.717, 1.165) is 11.8 Å². The molecular formula is C17H22N4O4S2. The molecule has 0 aliphatic heterocycles. The Hall–Kier alpha value is -2.17. The van der Waals surface area contributed by atoms with Crippen LogP contribution in [0, 0.1) is 6.92 Å². The minimum atomic E-state index is -3.62. The number of thioether (sulfide) groups is 1. The molecule has 0 saturated heterocycles. The van der Waals surface area contributed by atoms with E-state index in [1.807, 2.05) is 0 Å². The maximum atomic E-state index is 12.8. The van der Waals surface area contributed by atoms with Gasteiger partial charge in [-0.2, -0.15) is 4.31 Å². The Morgan fingerprint density at radius 2 is 1.96 bits per heavy atom. The van der Waals surface area contributed by atoms with E-state index < -0.39 is 10.0 Å². The molecule has 0 bridgehead atoms. The van der Waals surface area contributed by atoms with Gasteiger partial charge in [0.2, 0.25) is 15.9 Å². The molecule has 10 heteroatoms. The van der Waals surface area contributed by atoms with Gasteiger partial charge in [0.25, 0.3) is 5.56 Å². The van der Waals surface area contributed by atoms with Crippen LogP contribution >= 0.6 is 11.8 Å². The Labute approximate surface area is 162 Å². The van der Waals surface area contributed by atoms with E-state index in [-0.39, 0.29) is 22.1 Å². The lowest BCUT2D eigenvalue weighted by atomic mass is 10.2. The van der Waals surface area contributed by atoms with Gasteiger partial charge in [-0.05, 0) is 24.6 Å². The molecule has 2 N–H and O–H groups in total. The van der Waals surface area contributed by atoms with Crippen LogP contribution in [-0.2, 0) is 14.8 Å². The molecule has 0 radical (unpaired) electrons. The summed E-state index contributed by atoms with van der Waals surface area (Å²) in [6, 6.07) is 6.07. The van der Waals surface area contributed by atoms with Crippen LogP contribution in [0.4, 0.5) is 5.69 Å². The number of hydrogen-bond donors (Lipinski definition) is 2. The molecule has 27 heavy (non-hydrogen) atoms. The second-order valence-electron chi connectivity index (χ2n) is 5.65. The zero-order chi connectivity index (χ0) is 20.0. The number of aromatic amines is 1. The molecule has 0 saturated carbocycles. The quantitative estimate of drug-likeness (QED) is 0.507. The Kier molecular flexibility index (Phi) is 7.17. The van der Waals surface area contributed by atoms with E-state index >= 15 is 0 Å². The van der Waals surface area contributed by atoms with Crippen LogP contribution in [0.5, 0.6) is 0 Å². The summed E-state index contributed by atoms with van der Waals surface area (Å²) in [5.74, 6) is -0.305. The molecule has 8 nitrogen and oxygen atoms in total. The highest BCUT2D eigenvalue weighted by molar-refractivity contribution is 7.99. The highest BCUT2D eigenvalue weighted by atomic mass is 32.2. The van der Waals surface area contributed by atoms with Crippen LogP contribution in [-0.4, -0.2) is 47.4 Å². The van der Waals surface area contributed by atoms with E-state index in [4.69, 9.17) is 0 Å². The maximum Gasteiger partial charge on any atom is 0.251 e. The first-order chi connectivity index (χ1) is 12.8. The summed E-state index contributed by atoms with van der Waals surface area (Å²) in [6.45, 7) is 6.01. The number of aromatic nitrogens is 2. The van der Waals surface area contributed by atoms with Crippen LogP contribution in [0.2, 0.25) is 0 Å². The van der Waals surface area contributed by atoms with Gasteiger partial charge in [-0.1, -0.05) is 31.7 Å². The van der Waals surface area contributed by atoms with Crippen LogP contribution in [0.3, 0.4) is 0 Å². The Morgan fingerprint density at radius 3 is 2.59 bits per heavy atom. The molecule has 0 aliphatic carbocycles. The predicted octanol–water partition coefficient (Wildman–Crippen LogP) is 1.84. The predicted molar refractivity (Wildman–Crippen MR) is 105 cm³/mol. The summed E-state index contributed by atoms with van der Waals surface area (Å²) in [6.07, 6.45) is 1.36. The van der Waals surface area contributed by atoms with Crippen molar-refractivity contribution < 1.29 is 13.2 Å². The van der Waals surface area contributed by atoms with Crippen molar-refractivity contribution in [2.24, 2.45) is 0 Å². The molecular weight excluding hydrogens is 388 g/mol. The first-order valence-corrected chi connectivity index (χ1v) is 10.8. The van der Waals surface area contributed by atoms with Crippen LogP contribution in [0.1, 0.15) is 19.4 Å². The van der Waals surface area contributed by atoms with Gasteiger partial charge >= 0.3 is 0 Å². The number of carbonyl (C=O) groups is 1. The molecule has 2 aromatic rings. The lowest BCUT2D eigenvalue weighted by Gasteiger charge is -2.20. The van der Waals surface area contributed by atoms with Gasteiger partial charge in [-0.15, -0.1) is 0 Å². The summed E-state index contributed by atoms with van der Waals surface area (Å²) >= 11 is 1.08. The summed E-state index contributed by atoms with van der Waals surface area (Å²) in [7, 11) is -3.62. The molecule has 0 atom stereocenters. The number of aryl methyl sites for hydroxylation is 1. The van der Waals surface area contributed by atoms with Crippen molar-refractivity contribution in [1.29, 1.82) is 0 Å². The molecule has 146 valence electrons. The van der Waals surface area contributed by atoms with Crippen LogP contribution < -0.4 is 10.9 Å². The van der Waals surface area contributed by atoms with Crippen LogP contribution in [0.25, 0.3) is 0 Å². The topological polar surface area (TPSA) is 112 Å². The molecule has 0 spiro atoms. The normalized spacial score (nSPS) is 11.6. The highest BCUT2D eigenvalue weighted by Crippen LogP contribution is 2.24. The number of sulfonamides is 1. The maximum absolute atomic E-state index is 12.8. The third-order valence-corrected chi connectivity index (χ3v) is 6.86. The van der Waals surface area contributed by atoms with Gasteiger partial charge in [-0.25, -0.2) is 13.4 Å². The fourth-order valence-corrected chi connectivity index (χ4v) is 4.77. The number of H-pyrrole nitrogens is 1. The summed E-state index contributed by atoms with van der Waals surface area (Å²) in [5, 5.41) is 3.02. The number of amides is 1. The van der Waals surface area contributed by atoms with Gasteiger partial charge in [-0.3, -0.25) is 9.59 Å². The van der Waals surface area contributed by atoms with Gasteiger partial charge in [0, 0.05) is 31.0 Å². The van der Waals surface area contributed by atoms with Gasteiger partial charge in [0.15, 0.2) is 5.16 Å². The summed E-state index contributed by atoms with van der Waals surface area (Å²) in [4.78, 5) is 30.0. The van der Waals surface area contributed by atoms with Gasteiger partial charge in [0.1, 0.15) is 0 Å². The minimum Gasteiger partial charge on any atom is -0.325 e. The third-order valence-electron chi connectivity index (χ3n) is 3.78. The Balaban J connectivity index is 2.13. The number of hydrogen-bond acceptors (Lipinski definition) is 6. The molecule has 1 aromatic carbocycles. The average Bonchev–Trinajstić information content (AvgIpc) is 2.62. The molecule has 1 heterocycles. The van der Waals surface area contributed by atoms with Crippen molar-refractivity contribution >= 4 is 33.4 Å². The second kappa shape index (κ2) is 9.16. The van der Waals surface area contributed by atoms with Crippen molar-refractivity contribution in [2.45, 2.75) is 30.8 Å². The van der Waals surface area contributed by atoms with Crippen molar-refractivity contribution in [2.75, 3.05) is 24.2 Å². The standard InChI is InChI=1S/C17H22N4O4S2/c1-4-21(5-2)27(24,25)14-10-13(7-6-12(14)3)19-16(23)11-26-17-18-9-8-15(22)20-17/h6-10H,4-5,11H2,1-3H3,(H,19,23)(H,18,20,22). The summed E-state index contributed by atoms with van der Waals surface area (Å²) in [5.41, 5.74) is 0.712. The zero-order valence-corrected chi connectivity index (χ0v) is 17.0. The van der Waals surface area contributed by atoms with E-state index in [9.17, 15) is 18.0 Å². The van der Waals surface area contributed by atoms with Crippen molar-refractivity contribution in [1.82, 2.24) is 14.3 Å². The van der Waals surface area contributed by atoms with E-state index in [2.05, 4.69) is 15.3 Å². The van der Waals surface area contributed by atoms with Gasteiger partial charge in [0.05, 0.1) is 10.6 Å². The fourth-order valence-electron chi connectivity index (χ4n) is 2.41. The summed E-state index contributed by atoms with van der Waals surface area (Å²) < 4.78 is 26.9. The van der Waals surface area contributed by atoms with Crippen molar-refractivity contribution in [3.05, 3.63) is 46.4 Å². The van der Waals surface area contributed by atoms with Crippen molar-refractivity contribution in [3.63, 3.8) is 0 Å². The lowest BCUT2D eigenvalue weighted by Crippen LogP contribution is -2.31. The number of rotatable bonds is 8. The van der Waals surface area contributed by atoms with Crippen LogP contribution in [0.15, 0.2) is 45.3 Å². The molecule has 1 aromatic heterocycles. The largest absolute Gasteiger partial charge is 0.325 e. The third kappa shape index (κ3) is 5.41. The number of carbonyl (C=O) groups excluding carboxylic acids is 1. The Bertz CT molecular complexity index is 969. The lowest BCUT2D eigenvalue weighted by molar-refractivity contribution is -0.113. The highest BCUT2D eigenvalue weighted by Gasteiger charge is 2.24. The van der Waals surface area contributed by atoms with E-state index in [0.29, 0.717) is 29.5 Å². The van der Waals surface area contributed by atoms with Crippen molar-refractivity contribution in [3.8, 4) is 0 Å². The molecule has 2 rings (SSSR count). The zero-order valence-electron chi connectivity index (χ0n) is 15.4. The average molecular weight is 411 g/mol. The second-order valence-corrected chi connectivity index (χ2v) is 8.52. The first kappa shape index (κ1) is 21.1. The minimum absolute atomic E-state index is 0.0267. The number of nitrogens with zero attached hydrogens (tertiary/aromatic N) is 2. The smallest absolute Gasteiger partial charge is 0.251 e. The van der Waals surface area contributed by atoms with E-state index in [1.54, 1.807) is 32.9 Å². The SMILES string of the molecule is CCN(CC)S(=O)(=O)c1cc(NC(=O)CSc2nccc(=O)[nH]2)ccc1C. The molecule has 0 fully saturated rings. The first-order valence-electron chi connectivity index (χ1n) is 8.36. The molecule has 0 unspecified atom stereocenters. The molecule has 1 amide bonds. The monoisotopic (exact) mass is 410 g/mol. The van der Waals surface area contributed by atoms with Gasteiger partial charge < -0.3 is 10.3 Å². The number of nitrogens with one attached hydrogen (secondary N) is 2.